The van der Waals surface area contributed by atoms with Crippen LogP contribution in [0.5, 0.6) is 0 Å². The minimum Gasteiger partial charge on any atom is -0.393 e. The molecule has 0 aliphatic carbocycles. The van der Waals surface area contributed by atoms with Gasteiger partial charge in [0, 0.05) is 32.0 Å². The summed E-state index contributed by atoms with van der Waals surface area (Å²) in [5.41, 5.74) is 2.23. The number of aliphatic hydroxyl groups excluding tert-OH is 1. The molecule has 0 fully saturated rings. The van der Waals surface area contributed by atoms with E-state index in [0.29, 0.717) is 19.5 Å². The summed E-state index contributed by atoms with van der Waals surface area (Å²) >= 11 is 0. The summed E-state index contributed by atoms with van der Waals surface area (Å²) in [7, 11) is 0. The summed E-state index contributed by atoms with van der Waals surface area (Å²) in [6.45, 7) is 5.65. The Kier molecular flexibility index (Phi) is 6.81. The van der Waals surface area contributed by atoms with Gasteiger partial charge in [0.15, 0.2) is 0 Å². The van der Waals surface area contributed by atoms with Crippen molar-refractivity contribution in [2.75, 3.05) is 6.54 Å². The largest absolute Gasteiger partial charge is 0.393 e. The van der Waals surface area contributed by atoms with Crippen LogP contribution in [0.25, 0.3) is 0 Å². The highest BCUT2D eigenvalue weighted by atomic mass is 16.3. The van der Waals surface area contributed by atoms with Gasteiger partial charge in [-0.1, -0.05) is 38.1 Å². The molecule has 0 aliphatic rings. The van der Waals surface area contributed by atoms with Gasteiger partial charge in [0.05, 0.1) is 12.4 Å². The Labute approximate surface area is 142 Å². The second-order valence-electron chi connectivity index (χ2n) is 6.26. The topological polar surface area (TPSA) is 79.2 Å². The number of nitrogens with zero attached hydrogens (tertiary/aromatic N) is 2. The molecule has 1 aromatic heterocycles. The van der Waals surface area contributed by atoms with Gasteiger partial charge in [-0.15, -0.1) is 0 Å². The van der Waals surface area contributed by atoms with Gasteiger partial charge >= 0.3 is 6.03 Å². The van der Waals surface area contributed by atoms with Crippen LogP contribution in [-0.2, 0) is 13.1 Å². The fraction of sp³-hybridized carbons (Fsp3) is 0.444. The molecule has 0 saturated carbocycles. The molecule has 1 aromatic carbocycles. The standard InChI is InChI=1S/C18H26N4O2/c1-14(2)17(23)7-8-20-18(24)21-11-15-3-5-16(6-4-15)12-22-10-9-19-13-22/h3-6,9-10,13-14,17,23H,7-8,11-12H2,1-2H3,(H2,20,21,24). The number of rotatable bonds is 8. The van der Waals surface area contributed by atoms with E-state index >= 15 is 0 Å². The minimum atomic E-state index is -0.381. The number of amides is 2. The van der Waals surface area contributed by atoms with E-state index in [1.54, 1.807) is 12.5 Å². The van der Waals surface area contributed by atoms with Gasteiger partial charge in [0.2, 0.25) is 0 Å². The maximum absolute atomic E-state index is 11.7. The Hall–Kier alpha value is -2.34. The highest BCUT2D eigenvalue weighted by Gasteiger charge is 2.09. The lowest BCUT2D eigenvalue weighted by Gasteiger charge is -2.14. The molecule has 6 heteroatoms. The molecule has 0 bridgehead atoms. The van der Waals surface area contributed by atoms with E-state index in [0.717, 1.165) is 12.1 Å². The first-order valence-electron chi connectivity index (χ1n) is 8.28. The molecule has 3 N–H and O–H groups in total. The van der Waals surface area contributed by atoms with Crippen molar-refractivity contribution in [2.45, 2.75) is 39.5 Å². The lowest BCUT2D eigenvalue weighted by Crippen LogP contribution is -2.37. The predicted molar refractivity (Wildman–Crippen MR) is 93.5 cm³/mol. The van der Waals surface area contributed by atoms with E-state index in [1.807, 2.05) is 48.9 Å². The number of aliphatic hydroxyl groups is 1. The van der Waals surface area contributed by atoms with Gasteiger partial charge in [0.25, 0.3) is 0 Å². The van der Waals surface area contributed by atoms with Crippen molar-refractivity contribution in [1.29, 1.82) is 0 Å². The van der Waals surface area contributed by atoms with Crippen molar-refractivity contribution in [1.82, 2.24) is 20.2 Å². The molecule has 1 heterocycles. The van der Waals surface area contributed by atoms with Crippen molar-refractivity contribution in [3.8, 4) is 0 Å². The Morgan fingerprint density at radius 1 is 1.21 bits per heavy atom. The number of benzene rings is 1. The van der Waals surface area contributed by atoms with Crippen molar-refractivity contribution in [3.05, 3.63) is 54.1 Å². The zero-order chi connectivity index (χ0) is 17.4. The Morgan fingerprint density at radius 2 is 1.92 bits per heavy atom. The van der Waals surface area contributed by atoms with Crippen molar-refractivity contribution >= 4 is 6.03 Å². The molecule has 0 saturated heterocycles. The van der Waals surface area contributed by atoms with Gasteiger partial charge in [-0.25, -0.2) is 9.78 Å². The van der Waals surface area contributed by atoms with Crippen LogP contribution in [0.3, 0.4) is 0 Å². The maximum Gasteiger partial charge on any atom is 0.315 e. The molecular weight excluding hydrogens is 304 g/mol. The first-order valence-corrected chi connectivity index (χ1v) is 8.28. The first-order chi connectivity index (χ1) is 11.5. The molecule has 130 valence electrons. The minimum absolute atomic E-state index is 0.204. The van der Waals surface area contributed by atoms with E-state index in [1.165, 1.54) is 5.56 Å². The maximum atomic E-state index is 11.7. The third-order valence-corrected chi connectivity index (χ3v) is 3.90. The summed E-state index contributed by atoms with van der Waals surface area (Å²) in [6, 6.07) is 7.90. The third kappa shape index (κ3) is 6.04. The lowest BCUT2D eigenvalue weighted by atomic mass is 10.0. The molecule has 2 rings (SSSR count). The molecule has 24 heavy (non-hydrogen) atoms. The first kappa shape index (κ1) is 18.0. The number of urea groups is 1. The number of nitrogens with one attached hydrogen (secondary N) is 2. The van der Waals surface area contributed by atoms with Crippen molar-refractivity contribution < 1.29 is 9.90 Å². The fourth-order valence-electron chi connectivity index (χ4n) is 2.27. The van der Waals surface area contributed by atoms with Crippen LogP contribution in [0.4, 0.5) is 4.79 Å². The van der Waals surface area contributed by atoms with Crippen LogP contribution in [0, 0.1) is 5.92 Å². The molecule has 6 nitrogen and oxygen atoms in total. The van der Waals surface area contributed by atoms with Crippen molar-refractivity contribution in [3.63, 3.8) is 0 Å². The Balaban J connectivity index is 1.69. The summed E-state index contributed by atoms with van der Waals surface area (Å²) in [5, 5.41) is 15.3. The van der Waals surface area contributed by atoms with E-state index < -0.39 is 0 Å². The van der Waals surface area contributed by atoms with Gasteiger partial charge in [0.1, 0.15) is 0 Å². The van der Waals surface area contributed by atoms with Crippen LogP contribution >= 0.6 is 0 Å². The third-order valence-electron chi connectivity index (χ3n) is 3.90. The van der Waals surface area contributed by atoms with E-state index in [2.05, 4.69) is 15.6 Å². The van der Waals surface area contributed by atoms with Gasteiger partial charge in [-0.2, -0.15) is 0 Å². The van der Waals surface area contributed by atoms with Gasteiger partial charge in [-0.05, 0) is 23.5 Å². The van der Waals surface area contributed by atoms with Crippen LogP contribution < -0.4 is 10.6 Å². The normalized spacial score (nSPS) is 12.2. The fourth-order valence-corrected chi connectivity index (χ4v) is 2.27. The van der Waals surface area contributed by atoms with Crippen LogP contribution in [0.15, 0.2) is 43.0 Å². The Morgan fingerprint density at radius 3 is 2.54 bits per heavy atom. The zero-order valence-electron chi connectivity index (χ0n) is 14.3. The average Bonchev–Trinajstić information content (AvgIpc) is 3.07. The highest BCUT2D eigenvalue weighted by molar-refractivity contribution is 5.73. The number of aromatic nitrogens is 2. The number of imidazole rings is 1. The summed E-state index contributed by atoms with van der Waals surface area (Å²) in [4.78, 5) is 15.8. The number of carbonyl (C=O) groups excluding carboxylic acids is 1. The summed E-state index contributed by atoms with van der Waals surface area (Å²) in [6.07, 6.45) is 5.66. The van der Waals surface area contributed by atoms with Gasteiger partial charge in [-0.3, -0.25) is 0 Å². The molecule has 1 atom stereocenters. The molecule has 0 spiro atoms. The molecule has 0 aliphatic heterocycles. The number of hydrogen-bond donors (Lipinski definition) is 3. The zero-order valence-corrected chi connectivity index (χ0v) is 14.3. The summed E-state index contributed by atoms with van der Waals surface area (Å²) < 4.78 is 2.01. The van der Waals surface area contributed by atoms with Crippen molar-refractivity contribution in [2.24, 2.45) is 5.92 Å². The quantitative estimate of drug-likeness (QED) is 0.694. The Bertz CT molecular complexity index is 608. The van der Waals surface area contributed by atoms with Crippen LogP contribution in [0.2, 0.25) is 0 Å². The average molecular weight is 330 g/mol. The van der Waals surface area contributed by atoms with Crippen LogP contribution in [0.1, 0.15) is 31.4 Å². The molecule has 1 unspecified atom stereocenters. The highest BCUT2D eigenvalue weighted by Crippen LogP contribution is 2.06. The van der Waals surface area contributed by atoms with E-state index in [4.69, 9.17) is 0 Å². The summed E-state index contributed by atoms with van der Waals surface area (Å²) in [5.74, 6) is 0.204. The lowest BCUT2D eigenvalue weighted by molar-refractivity contribution is 0.116. The SMILES string of the molecule is CC(C)C(O)CCNC(=O)NCc1ccc(Cn2ccnc2)cc1. The molecule has 2 amide bonds. The molecule has 2 aromatic rings. The number of carbonyl (C=O) groups is 1. The second-order valence-corrected chi connectivity index (χ2v) is 6.26. The molecular formula is C18H26N4O2. The van der Waals surface area contributed by atoms with E-state index in [-0.39, 0.29) is 18.1 Å². The predicted octanol–water partition coefficient (Wildman–Crippen LogP) is 2.14. The monoisotopic (exact) mass is 330 g/mol. The molecule has 0 radical (unpaired) electrons. The van der Waals surface area contributed by atoms with Gasteiger partial charge < -0.3 is 20.3 Å². The second kappa shape index (κ2) is 9.08. The van der Waals surface area contributed by atoms with Crippen LogP contribution in [-0.4, -0.2) is 33.3 Å². The van der Waals surface area contributed by atoms with E-state index in [9.17, 15) is 9.90 Å². The smallest absolute Gasteiger partial charge is 0.315 e. The number of hydrogen-bond acceptors (Lipinski definition) is 3.